The van der Waals surface area contributed by atoms with Crippen LogP contribution in [0.4, 0.5) is 0 Å². The molecular formula is C15H26N2S. The van der Waals surface area contributed by atoms with Gasteiger partial charge in [0.05, 0.1) is 0 Å². The number of nitrogens with zero attached hydrogens (tertiary/aromatic N) is 1. The molecule has 2 heterocycles. The Hall–Kier alpha value is -0.380. The molecule has 1 fully saturated rings. The van der Waals surface area contributed by atoms with Gasteiger partial charge in [0.2, 0.25) is 0 Å². The van der Waals surface area contributed by atoms with E-state index in [4.69, 9.17) is 0 Å². The monoisotopic (exact) mass is 266 g/mol. The maximum atomic E-state index is 3.59. The fourth-order valence-corrected chi connectivity index (χ4v) is 3.86. The molecule has 0 spiro atoms. The highest BCUT2D eigenvalue weighted by Gasteiger charge is 2.25. The Kier molecular flexibility index (Phi) is 5.67. The molecule has 0 saturated carbocycles. The first kappa shape index (κ1) is 14.0. The zero-order valence-electron chi connectivity index (χ0n) is 11.7. The summed E-state index contributed by atoms with van der Waals surface area (Å²) in [5, 5.41) is 5.80. The average molecular weight is 266 g/mol. The number of rotatable bonds is 6. The Morgan fingerprint density at radius 1 is 1.39 bits per heavy atom. The van der Waals surface area contributed by atoms with Crippen molar-refractivity contribution in [3.8, 4) is 0 Å². The molecule has 0 aromatic carbocycles. The third-order valence-electron chi connectivity index (χ3n) is 3.90. The molecule has 2 nitrogen and oxygen atoms in total. The molecule has 2 rings (SSSR count). The third kappa shape index (κ3) is 3.56. The van der Waals surface area contributed by atoms with Gasteiger partial charge in [0.1, 0.15) is 0 Å². The molecule has 102 valence electrons. The van der Waals surface area contributed by atoms with Gasteiger partial charge in [0.25, 0.3) is 0 Å². The van der Waals surface area contributed by atoms with Crippen LogP contribution in [0.3, 0.4) is 0 Å². The van der Waals surface area contributed by atoms with Crippen LogP contribution in [0.15, 0.2) is 17.5 Å². The van der Waals surface area contributed by atoms with Crippen LogP contribution >= 0.6 is 11.3 Å². The van der Waals surface area contributed by atoms with Crippen LogP contribution in [0.5, 0.6) is 0 Å². The van der Waals surface area contributed by atoms with Crippen molar-refractivity contribution < 1.29 is 0 Å². The summed E-state index contributed by atoms with van der Waals surface area (Å²) in [6, 6.07) is 5.91. The quantitative estimate of drug-likeness (QED) is 0.845. The highest BCUT2D eigenvalue weighted by Crippen LogP contribution is 2.31. The Balaban J connectivity index is 1.92. The lowest BCUT2D eigenvalue weighted by atomic mass is 10.0. The number of hydrogen-bond acceptors (Lipinski definition) is 3. The second kappa shape index (κ2) is 7.27. The average Bonchev–Trinajstić information content (AvgIpc) is 2.91. The van der Waals surface area contributed by atoms with Gasteiger partial charge >= 0.3 is 0 Å². The van der Waals surface area contributed by atoms with Crippen LogP contribution < -0.4 is 5.32 Å². The number of piperidine rings is 1. The normalized spacial score (nSPS) is 20.1. The van der Waals surface area contributed by atoms with E-state index in [1.54, 1.807) is 4.88 Å². The second-order valence-corrected chi connectivity index (χ2v) is 6.17. The zero-order valence-corrected chi connectivity index (χ0v) is 12.5. The summed E-state index contributed by atoms with van der Waals surface area (Å²) in [5.41, 5.74) is 0. The molecule has 1 saturated heterocycles. The molecule has 0 radical (unpaired) electrons. The van der Waals surface area contributed by atoms with Gasteiger partial charge in [-0.1, -0.05) is 26.3 Å². The van der Waals surface area contributed by atoms with Gasteiger partial charge in [0, 0.05) is 30.1 Å². The van der Waals surface area contributed by atoms with Crippen LogP contribution in [0.25, 0.3) is 0 Å². The predicted molar refractivity (Wildman–Crippen MR) is 80.2 cm³/mol. The van der Waals surface area contributed by atoms with E-state index in [2.05, 4.69) is 41.6 Å². The van der Waals surface area contributed by atoms with E-state index >= 15 is 0 Å². The molecule has 0 bridgehead atoms. The van der Waals surface area contributed by atoms with Crippen LogP contribution in [0.1, 0.15) is 50.4 Å². The van der Waals surface area contributed by atoms with Crippen molar-refractivity contribution >= 4 is 11.3 Å². The lowest BCUT2D eigenvalue weighted by molar-refractivity contribution is 0.138. The molecule has 1 N–H and O–H groups in total. The third-order valence-corrected chi connectivity index (χ3v) is 4.87. The molecule has 3 heteroatoms. The number of hydrogen-bond donors (Lipinski definition) is 1. The maximum absolute atomic E-state index is 3.59. The van der Waals surface area contributed by atoms with Gasteiger partial charge in [-0.15, -0.1) is 11.3 Å². The largest absolute Gasteiger partial charge is 0.314 e. The predicted octanol–water partition coefficient (Wildman–Crippen LogP) is 3.66. The van der Waals surface area contributed by atoms with Gasteiger partial charge in [-0.3, -0.25) is 4.90 Å². The number of likely N-dealkylation sites (tertiary alicyclic amines) is 1. The minimum atomic E-state index is 0.664. The molecule has 18 heavy (non-hydrogen) atoms. The smallest absolute Gasteiger partial charge is 0.0441 e. The van der Waals surface area contributed by atoms with Crippen molar-refractivity contribution in [2.24, 2.45) is 0 Å². The summed E-state index contributed by atoms with van der Waals surface area (Å²) in [4.78, 5) is 4.25. The Morgan fingerprint density at radius 3 is 2.72 bits per heavy atom. The SMILES string of the molecule is CCCC(c1cccs1)N1CCC(NCC)CC1. The molecule has 1 aromatic heterocycles. The van der Waals surface area contributed by atoms with Crippen molar-refractivity contribution in [2.75, 3.05) is 19.6 Å². The van der Waals surface area contributed by atoms with Crippen LogP contribution in [0, 0.1) is 0 Å². The first-order valence-corrected chi connectivity index (χ1v) is 8.24. The van der Waals surface area contributed by atoms with E-state index in [1.807, 2.05) is 11.3 Å². The number of nitrogens with one attached hydrogen (secondary N) is 1. The lowest BCUT2D eigenvalue weighted by Gasteiger charge is -2.37. The summed E-state index contributed by atoms with van der Waals surface area (Å²) in [6.45, 7) is 8.11. The zero-order chi connectivity index (χ0) is 12.8. The van der Waals surface area contributed by atoms with Crippen molar-refractivity contribution in [3.63, 3.8) is 0 Å². The van der Waals surface area contributed by atoms with E-state index in [9.17, 15) is 0 Å². The Bertz CT molecular complexity index is 315. The summed E-state index contributed by atoms with van der Waals surface area (Å²) in [5.74, 6) is 0. The first-order chi connectivity index (χ1) is 8.85. The highest BCUT2D eigenvalue weighted by molar-refractivity contribution is 7.10. The molecule has 1 aromatic rings. The Labute approximate surface area is 115 Å². The van der Waals surface area contributed by atoms with Crippen LogP contribution in [-0.2, 0) is 0 Å². The summed E-state index contributed by atoms with van der Waals surface area (Å²) in [7, 11) is 0. The van der Waals surface area contributed by atoms with Crippen LogP contribution in [-0.4, -0.2) is 30.6 Å². The lowest BCUT2D eigenvalue weighted by Crippen LogP contribution is -2.43. The summed E-state index contributed by atoms with van der Waals surface area (Å²) < 4.78 is 0. The minimum absolute atomic E-state index is 0.664. The van der Waals surface area contributed by atoms with Gasteiger partial charge in [0.15, 0.2) is 0 Å². The van der Waals surface area contributed by atoms with Crippen molar-refractivity contribution in [1.82, 2.24) is 10.2 Å². The van der Waals surface area contributed by atoms with E-state index < -0.39 is 0 Å². The highest BCUT2D eigenvalue weighted by atomic mass is 32.1. The van der Waals surface area contributed by atoms with Gasteiger partial charge < -0.3 is 5.32 Å². The van der Waals surface area contributed by atoms with E-state index in [0.717, 1.165) is 12.6 Å². The summed E-state index contributed by atoms with van der Waals surface area (Å²) in [6.07, 6.45) is 5.18. The maximum Gasteiger partial charge on any atom is 0.0441 e. The topological polar surface area (TPSA) is 15.3 Å². The summed E-state index contributed by atoms with van der Waals surface area (Å²) >= 11 is 1.92. The van der Waals surface area contributed by atoms with E-state index in [1.165, 1.54) is 38.8 Å². The van der Waals surface area contributed by atoms with Crippen LogP contribution in [0.2, 0.25) is 0 Å². The minimum Gasteiger partial charge on any atom is -0.314 e. The van der Waals surface area contributed by atoms with Crippen molar-refractivity contribution in [1.29, 1.82) is 0 Å². The van der Waals surface area contributed by atoms with E-state index in [0.29, 0.717) is 6.04 Å². The molecule has 0 aliphatic carbocycles. The van der Waals surface area contributed by atoms with Crippen molar-refractivity contribution in [2.45, 2.75) is 51.6 Å². The molecule has 1 aliphatic heterocycles. The fraction of sp³-hybridized carbons (Fsp3) is 0.733. The molecule has 0 amide bonds. The number of thiophene rings is 1. The Morgan fingerprint density at radius 2 is 2.17 bits per heavy atom. The van der Waals surface area contributed by atoms with Gasteiger partial charge in [-0.2, -0.15) is 0 Å². The molecule has 1 aliphatic rings. The second-order valence-electron chi connectivity index (χ2n) is 5.19. The van der Waals surface area contributed by atoms with Crippen molar-refractivity contribution in [3.05, 3.63) is 22.4 Å². The first-order valence-electron chi connectivity index (χ1n) is 7.36. The van der Waals surface area contributed by atoms with Gasteiger partial charge in [-0.25, -0.2) is 0 Å². The fourth-order valence-electron chi connectivity index (χ4n) is 2.96. The molecular weight excluding hydrogens is 240 g/mol. The van der Waals surface area contributed by atoms with E-state index in [-0.39, 0.29) is 0 Å². The standard InChI is InChI=1S/C15H26N2S/c1-3-6-14(15-7-5-12-18-15)17-10-8-13(9-11-17)16-4-2/h5,7,12-14,16H,3-4,6,8-11H2,1-2H3. The molecule has 1 unspecified atom stereocenters. The molecule has 1 atom stereocenters. The van der Waals surface area contributed by atoms with Gasteiger partial charge in [-0.05, 0) is 37.3 Å².